The van der Waals surface area contributed by atoms with E-state index in [1.54, 1.807) is 26.5 Å². The minimum Gasteiger partial charge on any atom is -0.355 e. The molecule has 128 valence electrons. The van der Waals surface area contributed by atoms with E-state index in [9.17, 15) is 4.79 Å². The first kappa shape index (κ1) is 17.9. The quantitative estimate of drug-likeness (QED) is 0.886. The minimum atomic E-state index is -0.0961. The summed E-state index contributed by atoms with van der Waals surface area (Å²) in [7, 11) is 3.47. The van der Waals surface area contributed by atoms with Crippen molar-refractivity contribution in [2.24, 2.45) is 5.41 Å². The lowest BCUT2D eigenvalue weighted by Gasteiger charge is -2.44. The number of hydrogen-bond donors (Lipinski definition) is 1. The van der Waals surface area contributed by atoms with Gasteiger partial charge in [0.05, 0.1) is 12.4 Å². The highest BCUT2D eigenvalue weighted by molar-refractivity contribution is 5.91. The molecule has 3 rings (SSSR count). The first-order valence-corrected chi connectivity index (χ1v) is 8.09. The third kappa shape index (κ3) is 3.93. The van der Waals surface area contributed by atoms with Crippen LogP contribution in [0.3, 0.4) is 0 Å². The summed E-state index contributed by atoms with van der Waals surface area (Å²) in [5.41, 5.74) is 0.941. The Morgan fingerprint density at radius 3 is 2.43 bits per heavy atom. The van der Waals surface area contributed by atoms with Crippen molar-refractivity contribution in [2.75, 3.05) is 45.2 Å². The number of amides is 1. The van der Waals surface area contributed by atoms with Crippen LogP contribution in [0.15, 0.2) is 12.4 Å². The standard InChI is InChI=1S/C16H25N5O.ClH/c1-20(2)15(22)13-11-18-12-14(19-13)21-9-5-16(6-10-21)3-7-17-8-4-16;/h11-12,17H,3-10H2,1-2H3;1H. The molecule has 1 aromatic rings. The summed E-state index contributed by atoms with van der Waals surface area (Å²) in [4.78, 5) is 24.5. The molecular formula is C16H26ClN5O. The Morgan fingerprint density at radius 1 is 1.17 bits per heavy atom. The molecule has 2 fully saturated rings. The van der Waals surface area contributed by atoms with E-state index in [0.29, 0.717) is 11.1 Å². The predicted octanol–water partition coefficient (Wildman–Crippen LogP) is 1.57. The van der Waals surface area contributed by atoms with Gasteiger partial charge in [0, 0.05) is 27.2 Å². The first-order chi connectivity index (χ1) is 10.6. The van der Waals surface area contributed by atoms with E-state index in [0.717, 1.165) is 32.0 Å². The molecule has 6 nitrogen and oxygen atoms in total. The van der Waals surface area contributed by atoms with E-state index in [1.165, 1.54) is 30.6 Å². The molecule has 0 saturated carbocycles. The maximum Gasteiger partial charge on any atom is 0.273 e. The molecule has 0 bridgehead atoms. The maximum absolute atomic E-state index is 12.0. The third-order valence-electron chi connectivity index (χ3n) is 5.06. The number of nitrogens with one attached hydrogen (secondary N) is 1. The first-order valence-electron chi connectivity index (χ1n) is 8.09. The Kier molecular flexibility index (Phi) is 5.81. The fourth-order valence-corrected chi connectivity index (χ4v) is 3.51. The molecular weight excluding hydrogens is 314 g/mol. The Bertz CT molecular complexity index is 535. The zero-order chi connectivity index (χ0) is 15.6. The predicted molar refractivity (Wildman–Crippen MR) is 93.3 cm³/mol. The van der Waals surface area contributed by atoms with Gasteiger partial charge in [-0.15, -0.1) is 12.4 Å². The minimum absolute atomic E-state index is 0. The number of carbonyl (C=O) groups excluding carboxylic acids is 1. The molecule has 0 aromatic carbocycles. The van der Waals surface area contributed by atoms with Crippen LogP contribution in [0.2, 0.25) is 0 Å². The topological polar surface area (TPSA) is 61.4 Å². The number of rotatable bonds is 2. The van der Waals surface area contributed by atoms with Gasteiger partial charge in [-0.2, -0.15) is 0 Å². The smallest absolute Gasteiger partial charge is 0.273 e. The SMILES string of the molecule is CN(C)C(=O)c1cncc(N2CCC3(CCNCC3)CC2)n1.Cl. The average molecular weight is 340 g/mol. The highest BCUT2D eigenvalue weighted by Crippen LogP contribution is 2.40. The number of anilines is 1. The fraction of sp³-hybridized carbons (Fsp3) is 0.688. The summed E-state index contributed by atoms with van der Waals surface area (Å²) in [6.45, 7) is 4.31. The highest BCUT2D eigenvalue weighted by atomic mass is 35.5. The van der Waals surface area contributed by atoms with E-state index >= 15 is 0 Å². The van der Waals surface area contributed by atoms with Crippen LogP contribution < -0.4 is 10.2 Å². The molecule has 0 radical (unpaired) electrons. The van der Waals surface area contributed by atoms with Crippen LogP contribution in [0.5, 0.6) is 0 Å². The van der Waals surface area contributed by atoms with Crippen molar-refractivity contribution in [2.45, 2.75) is 25.7 Å². The number of halogens is 1. The summed E-state index contributed by atoms with van der Waals surface area (Å²) >= 11 is 0. The zero-order valence-electron chi connectivity index (χ0n) is 13.9. The van der Waals surface area contributed by atoms with Crippen LogP contribution in [0.25, 0.3) is 0 Å². The molecule has 1 N–H and O–H groups in total. The van der Waals surface area contributed by atoms with E-state index in [2.05, 4.69) is 20.2 Å². The highest BCUT2D eigenvalue weighted by Gasteiger charge is 2.35. The molecule has 1 aromatic heterocycles. The van der Waals surface area contributed by atoms with Crippen molar-refractivity contribution >= 4 is 24.1 Å². The average Bonchev–Trinajstić information content (AvgIpc) is 2.55. The molecule has 2 aliphatic rings. The van der Waals surface area contributed by atoms with E-state index in [4.69, 9.17) is 0 Å². The van der Waals surface area contributed by atoms with E-state index in [1.807, 2.05) is 0 Å². The van der Waals surface area contributed by atoms with Crippen LogP contribution in [0.1, 0.15) is 36.2 Å². The number of piperidine rings is 2. The van der Waals surface area contributed by atoms with Gasteiger partial charge in [-0.1, -0.05) is 0 Å². The molecule has 7 heteroatoms. The van der Waals surface area contributed by atoms with Crippen molar-refractivity contribution in [3.05, 3.63) is 18.1 Å². The van der Waals surface area contributed by atoms with Gasteiger partial charge in [-0.05, 0) is 44.2 Å². The van der Waals surface area contributed by atoms with Crippen LogP contribution in [-0.2, 0) is 0 Å². The Labute approximate surface area is 144 Å². The van der Waals surface area contributed by atoms with E-state index < -0.39 is 0 Å². The second kappa shape index (κ2) is 7.45. The van der Waals surface area contributed by atoms with Crippen molar-refractivity contribution < 1.29 is 4.79 Å². The summed E-state index contributed by atoms with van der Waals surface area (Å²) in [6, 6.07) is 0. The van der Waals surface area contributed by atoms with E-state index in [-0.39, 0.29) is 18.3 Å². The van der Waals surface area contributed by atoms with Gasteiger partial charge < -0.3 is 15.1 Å². The lowest BCUT2D eigenvalue weighted by atomic mass is 9.71. The summed E-state index contributed by atoms with van der Waals surface area (Å²) in [5.74, 6) is 0.734. The normalized spacial score (nSPS) is 20.0. The van der Waals surface area contributed by atoms with Gasteiger partial charge >= 0.3 is 0 Å². The molecule has 0 atom stereocenters. The molecule has 0 unspecified atom stereocenters. The molecule has 0 aliphatic carbocycles. The number of aromatic nitrogens is 2. The maximum atomic E-state index is 12.0. The molecule has 1 amide bonds. The molecule has 2 aliphatic heterocycles. The van der Waals surface area contributed by atoms with Crippen molar-refractivity contribution in [3.63, 3.8) is 0 Å². The monoisotopic (exact) mass is 339 g/mol. The number of nitrogens with zero attached hydrogens (tertiary/aromatic N) is 4. The van der Waals surface area contributed by atoms with Gasteiger partial charge in [-0.3, -0.25) is 9.78 Å². The second-order valence-electron chi connectivity index (χ2n) is 6.70. The molecule has 2 saturated heterocycles. The Morgan fingerprint density at radius 2 is 1.83 bits per heavy atom. The summed E-state index contributed by atoms with van der Waals surface area (Å²) in [6.07, 6.45) is 8.30. The molecule has 1 spiro atoms. The summed E-state index contributed by atoms with van der Waals surface area (Å²) in [5, 5.41) is 3.45. The van der Waals surface area contributed by atoms with Crippen molar-refractivity contribution in [3.8, 4) is 0 Å². The zero-order valence-corrected chi connectivity index (χ0v) is 14.7. The van der Waals surface area contributed by atoms with Gasteiger partial charge in [-0.25, -0.2) is 4.98 Å². The number of hydrogen-bond acceptors (Lipinski definition) is 5. The second-order valence-corrected chi connectivity index (χ2v) is 6.70. The number of carbonyl (C=O) groups is 1. The van der Waals surface area contributed by atoms with Crippen LogP contribution in [-0.4, -0.2) is 61.0 Å². The van der Waals surface area contributed by atoms with Crippen molar-refractivity contribution in [1.82, 2.24) is 20.2 Å². The fourth-order valence-electron chi connectivity index (χ4n) is 3.51. The Balaban J connectivity index is 0.00000192. The summed E-state index contributed by atoms with van der Waals surface area (Å²) < 4.78 is 0. The van der Waals surface area contributed by atoms with Crippen molar-refractivity contribution in [1.29, 1.82) is 0 Å². The molecule has 3 heterocycles. The Hall–Kier alpha value is -1.40. The van der Waals surface area contributed by atoms with Gasteiger partial charge in [0.2, 0.25) is 0 Å². The van der Waals surface area contributed by atoms with Crippen LogP contribution >= 0.6 is 12.4 Å². The lowest BCUT2D eigenvalue weighted by Crippen LogP contribution is -2.45. The third-order valence-corrected chi connectivity index (χ3v) is 5.06. The lowest BCUT2D eigenvalue weighted by molar-refractivity contribution is 0.0821. The van der Waals surface area contributed by atoms with Crippen LogP contribution in [0, 0.1) is 5.41 Å². The van der Waals surface area contributed by atoms with Crippen LogP contribution in [0.4, 0.5) is 5.82 Å². The van der Waals surface area contributed by atoms with Gasteiger partial charge in [0.15, 0.2) is 0 Å². The largest absolute Gasteiger partial charge is 0.355 e. The molecule has 23 heavy (non-hydrogen) atoms. The van der Waals surface area contributed by atoms with Gasteiger partial charge in [0.1, 0.15) is 11.5 Å². The van der Waals surface area contributed by atoms with Gasteiger partial charge in [0.25, 0.3) is 5.91 Å².